The summed E-state index contributed by atoms with van der Waals surface area (Å²) >= 11 is 0. The van der Waals surface area contributed by atoms with Gasteiger partial charge in [0.1, 0.15) is 0 Å². The number of fused-ring (bicyclic) bond motifs is 9. The summed E-state index contributed by atoms with van der Waals surface area (Å²) in [6, 6.07) is 68.4. The molecule has 3 aromatic heterocycles. The van der Waals surface area contributed by atoms with Gasteiger partial charge in [-0.1, -0.05) is 127 Å². The number of para-hydroxylation sites is 4. The Morgan fingerprint density at radius 3 is 1.41 bits per heavy atom. The summed E-state index contributed by atoms with van der Waals surface area (Å²) in [6.45, 7) is 0. The zero-order valence-electron chi connectivity index (χ0n) is 27.7. The zero-order chi connectivity index (χ0) is 33.5. The molecule has 0 atom stereocenters. The van der Waals surface area contributed by atoms with Gasteiger partial charge in [-0.2, -0.15) is 0 Å². The molecule has 0 aliphatic rings. The molecule has 0 saturated heterocycles. The smallest absolute Gasteiger partial charge is 0.0562 e. The Kier molecular flexibility index (Phi) is 5.96. The van der Waals surface area contributed by atoms with Crippen molar-refractivity contribution < 1.29 is 0 Å². The fourth-order valence-electron chi connectivity index (χ4n) is 8.48. The van der Waals surface area contributed by atoms with E-state index in [4.69, 9.17) is 0 Å². The Labute approximate surface area is 294 Å². The van der Waals surface area contributed by atoms with Crippen LogP contribution in [0.1, 0.15) is 0 Å². The van der Waals surface area contributed by atoms with Crippen LogP contribution in [-0.4, -0.2) is 13.7 Å². The molecule has 0 bridgehead atoms. The Balaban J connectivity index is 1.22. The lowest BCUT2D eigenvalue weighted by Crippen LogP contribution is -1.98. The van der Waals surface area contributed by atoms with Crippen molar-refractivity contribution in [3.8, 4) is 28.2 Å². The molecule has 11 aromatic rings. The highest BCUT2D eigenvalue weighted by molar-refractivity contribution is 6.17. The first kappa shape index (κ1) is 28.0. The van der Waals surface area contributed by atoms with Crippen LogP contribution in [0.3, 0.4) is 0 Å². The molecule has 11 rings (SSSR count). The van der Waals surface area contributed by atoms with Crippen molar-refractivity contribution in [3.05, 3.63) is 188 Å². The maximum Gasteiger partial charge on any atom is 0.0562 e. The van der Waals surface area contributed by atoms with E-state index >= 15 is 0 Å². The molecule has 51 heavy (non-hydrogen) atoms. The van der Waals surface area contributed by atoms with Crippen molar-refractivity contribution in [1.82, 2.24) is 13.7 Å². The Hall–Kier alpha value is -6.84. The highest BCUT2D eigenvalue weighted by Gasteiger charge is 2.21. The molecule has 0 aliphatic heterocycles. The van der Waals surface area contributed by atoms with Gasteiger partial charge in [-0.15, -0.1) is 0 Å². The fourth-order valence-corrected chi connectivity index (χ4v) is 8.48. The van der Waals surface area contributed by atoms with Gasteiger partial charge in [-0.05, 0) is 71.8 Å². The molecule has 238 valence electrons. The van der Waals surface area contributed by atoms with Crippen LogP contribution in [0.4, 0.5) is 0 Å². The second-order valence-electron chi connectivity index (χ2n) is 13.4. The highest BCUT2D eigenvalue weighted by Crippen LogP contribution is 2.41. The highest BCUT2D eigenvalue weighted by atomic mass is 15.0. The summed E-state index contributed by atoms with van der Waals surface area (Å²) < 4.78 is 7.33. The average Bonchev–Trinajstić information content (AvgIpc) is 3.84. The van der Waals surface area contributed by atoms with Crippen LogP contribution in [0.25, 0.3) is 93.6 Å². The van der Waals surface area contributed by atoms with Gasteiger partial charge in [-0.25, -0.2) is 0 Å². The van der Waals surface area contributed by atoms with Crippen LogP contribution in [0.2, 0.25) is 0 Å². The summed E-state index contributed by atoms with van der Waals surface area (Å²) in [6.07, 6.45) is 0. The predicted octanol–water partition coefficient (Wildman–Crippen LogP) is 12.6. The van der Waals surface area contributed by atoms with Crippen LogP contribution in [-0.2, 0) is 0 Å². The normalized spacial score (nSPS) is 11.9. The molecule has 8 aromatic carbocycles. The van der Waals surface area contributed by atoms with E-state index in [-0.39, 0.29) is 0 Å². The summed E-state index contributed by atoms with van der Waals surface area (Å²) in [4.78, 5) is 0. The van der Waals surface area contributed by atoms with Gasteiger partial charge >= 0.3 is 0 Å². The number of benzene rings is 8. The number of hydrogen-bond acceptors (Lipinski definition) is 0. The van der Waals surface area contributed by atoms with Gasteiger partial charge in [0.2, 0.25) is 0 Å². The molecule has 0 radical (unpaired) electrons. The number of rotatable bonds is 4. The second-order valence-corrected chi connectivity index (χ2v) is 13.4. The van der Waals surface area contributed by atoms with Crippen LogP contribution in [0.15, 0.2) is 188 Å². The molecular weight excluding hydrogens is 619 g/mol. The van der Waals surface area contributed by atoms with Crippen LogP contribution < -0.4 is 0 Å². The minimum atomic E-state index is 1.15. The van der Waals surface area contributed by atoms with E-state index < -0.39 is 0 Å². The van der Waals surface area contributed by atoms with E-state index in [1.165, 1.54) is 82.2 Å². The second kappa shape index (κ2) is 10.8. The van der Waals surface area contributed by atoms with E-state index in [1.807, 2.05) is 0 Å². The van der Waals surface area contributed by atoms with Gasteiger partial charge in [0.05, 0.1) is 38.8 Å². The van der Waals surface area contributed by atoms with E-state index in [2.05, 4.69) is 202 Å². The van der Waals surface area contributed by atoms with Gasteiger partial charge < -0.3 is 13.7 Å². The third-order valence-corrected chi connectivity index (χ3v) is 10.6. The minimum absolute atomic E-state index is 1.15. The standard InChI is InChI=1S/C48H31N3/c1-2-14-32(15-3-1)33-16-12-17-34(30-33)50-44-25-11-7-21-40(44)48-45(50)26-13-27-46(48)51-43-24-10-6-20-38(43)39-29-28-35(31-47(39)51)49-41-22-8-4-18-36(41)37-19-5-9-23-42(37)49/h1-31H. The molecule has 3 heterocycles. The van der Waals surface area contributed by atoms with Crippen LogP contribution in [0.5, 0.6) is 0 Å². The first-order valence-electron chi connectivity index (χ1n) is 17.5. The van der Waals surface area contributed by atoms with Crippen LogP contribution in [0, 0.1) is 0 Å². The molecule has 3 heteroatoms. The molecule has 0 spiro atoms. The molecule has 0 amide bonds. The monoisotopic (exact) mass is 649 g/mol. The third-order valence-electron chi connectivity index (χ3n) is 10.6. The van der Waals surface area contributed by atoms with Gasteiger partial charge in [0, 0.05) is 43.7 Å². The maximum atomic E-state index is 2.49. The summed E-state index contributed by atoms with van der Waals surface area (Å²) in [7, 11) is 0. The quantitative estimate of drug-likeness (QED) is 0.180. The van der Waals surface area contributed by atoms with E-state index in [0.29, 0.717) is 0 Å². The third kappa shape index (κ3) is 4.06. The fraction of sp³-hybridized carbons (Fsp3) is 0. The first-order chi connectivity index (χ1) is 25.3. The number of nitrogens with zero attached hydrogens (tertiary/aromatic N) is 3. The van der Waals surface area contributed by atoms with Gasteiger partial charge in [0.15, 0.2) is 0 Å². The largest absolute Gasteiger partial charge is 0.309 e. The van der Waals surface area contributed by atoms with Crippen molar-refractivity contribution in [2.45, 2.75) is 0 Å². The van der Waals surface area contributed by atoms with Crippen molar-refractivity contribution in [2.75, 3.05) is 0 Å². The molecular formula is C48H31N3. The van der Waals surface area contributed by atoms with Crippen molar-refractivity contribution in [2.24, 2.45) is 0 Å². The lowest BCUT2D eigenvalue weighted by Gasteiger charge is -2.13. The lowest BCUT2D eigenvalue weighted by molar-refractivity contribution is 1.16. The molecule has 3 nitrogen and oxygen atoms in total. The Morgan fingerprint density at radius 2 is 0.725 bits per heavy atom. The van der Waals surface area contributed by atoms with E-state index in [9.17, 15) is 0 Å². The number of aromatic nitrogens is 3. The van der Waals surface area contributed by atoms with E-state index in [0.717, 1.165) is 11.4 Å². The first-order valence-corrected chi connectivity index (χ1v) is 17.5. The molecule has 0 aliphatic carbocycles. The summed E-state index contributed by atoms with van der Waals surface area (Å²) in [5.74, 6) is 0. The SMILES string of the molecule is c1ccc(-c2cccc(-n3c4ccccc4c4c(-n5c6ccccc6c6ccc(-n7c8ccccc8c8ccccc87)cc65)cccc43)c2)cc1. The van der Waals surface area contributed by atoms with Crippen molar-refractivity contribution in [3.63, 3.8) is 0 Å². The predicted molar refractivity (Wildman–Crippen MR) is 215 cm³/mol. The minimum Gasteiger partial charge on any atom is -0.309 e. The Morgan fingerprint density at radius 1 is 0.255 bits per heavy atom. The lowest BCUT2D eigenvalue weighted by atomic mass is 10.1. The zero-order valence-corrected chi connectivity index (χ0v) is 27.7. The molecule has 0 saturated carbocycles. The maximum absolute atomic E-state index is 2.49. The van der Waals surface area contributed by atoms with Gasteiger partial charge in [-0.3, -0.25) is 0 Å². The number of hydrogen-bond donors (Lipinski definition) is 0. The average molecular weight is 650 g/mol. The van der Waals surface area contributed by atoms with Gasteiger partial charge in [0.25, 0.3) is 0 Å². The Bertz CT molecular complexity index is 3080. The molecule has 0 N–H and O–H groups in total. The summed E-state index contributed by atoms with van der Waals surface area (Å²) in [5, 5.41) is 7.50. The topological polar surface area (TPSA) is 14.8 Å². The van der Waals surface area contributed by atoms with Crippen molar-refractivity contribution >= 4 is 65.4 Å². The van der Waals surface area contributed by atoms with E-state index in [1.54, 1.807) is 0 Å². The molecule has 0 fully saturated rings. The van der Waals surface area contributed by atoms with Crippen molar-refractivity contribution in [1.29, 1.82) is 0 Å². The molecule has 0 unspecified atom stereocenters. The summed E-state index contributed by atoms with van der Waals surface area (Å²) in [5.41, 5.74) is 13.1. The van der Waals surface area contributed by atoms with Crippen LogP contribution >= 0.6 is 0 Å².